The average Bonchev–Trinajstić information content (AvgIpc) is 3.40. The molecule has 35 heavy (non-hydrogen) atoms. The topological polar surface area (TPSA) is 116 Å². The van der Waals surface area contributed by atoms with E-state index in [1.165, 1.54) is 5.39 Å². The molecule has 0 unspecified atom stereocenters. The summed E-state index contributed by atoms with van der Waals surface area (Å²) in [7, 11) is 1.59. The fourth-order valence-corrected chi connectivity index (χ4v) is 4.32. The van der Waals surface area contributed by atoms with Gasteiger partial charge in [0.05, 0.1) is 7.11 Å². The van der Waals surface area contributed by atoms with Crippen molar-refractivity contribution in [2.24, 2.45) is 5.90 Å². The second-order valence-electron chi connectivity index (χ2n) is 7.70. The Bertz CT molecular complexity index is 1500. The summed E-state index contributed by atoms with van der Waals surface area (Å²) < 4.78 is 5.21. The lowest BCUT2D eigenvalue weighted by molar-refractivity contribution is -0.140. The zero-order valence-corrected chi connectivity index (χ0v) is 19.6. The Morgan fingerprint density at radius 1 is 0.914 bits per heavy atom. The number of pyridine rings is 1. The van der Waals surface area contributed by atoms with Crippen molar-refractivity contribution in [3.63, 3.8) is 0 Å². The molecule has 0 spiro atoms. The Morgan fingerprint density at radius 3 is 2.40 bits per heavy atom. The monoisotopic (exact) mass is 483 g/mol. The van der Waals surface area contributed by atoms with E-state index in [-0.39, 0.29) is 5.75 Å². The Hall–Kier alpha value is -4.21. The number of benzene rings is 3. The van der Waals surface area contributed by atoms with Crippen molar-refractivity contribution in [1.29, 1.82) is 0 Å². The third-order valence-electron chi connectivity index (χ3n) is 5.48. The van der Waals surface area contributed by atoms with Crippen molar-refractivity contribution in [2.75, 3.05) is 12.9 Å². The van der Waals surface area contributed by atoms with Gasteiger partial charge < -0.3 is 9.57 Å². The molecule has 0 atom stereocenters. The number of fused-ring (bicyclic) bond motifs is 1. The largest absolute Gasteiger partial charge is 0.481 e. The van der Waals surface area contributed by atoms with Crippen molar-refractivity contribution in [3.05, 3.63) is 79.0 Å². The summed E-state index contributed by atoms with van der Waals surface area (Å²) in [4.78, 5) is 24.5. The lowest BCUT2D eigenvalue weighted by Crippen LogP contribution is -2.11. The third-order valence-corrected chi connectivity index (χ3v) is 6.30. The molecule has 2 heterocycles. The van der Waals surface area contributed by atoms with Crippen molar-refractivity contribution >= 4 is 28.5 Å². The molecule has 174 valence electrons. The number of thioether (sulfide) groups is 1. The zero-order chi connectivity index (χ0) is 24.2. The van der Waals surface area contributed by atoms with E-state index in [1.807, 2.05) is 30.3 Å². The SMILES string of the molecule is COc1ccc(-c2cc(-c3ccc4ccccc4c3)cc(-c3nc(SCC(=O)ON)n[nH]3)c2)cn1. The lowest BCUT2D eigenvalue weighted by Gasteiger charge is -2.11. The molecule has 0 amide bonds. The molecule has 8 nitrogen and oxygen atoms in total. The van der Waals surface area contributed by atoms with Crippen LogP contribution >= 0.6 is 11.8 Å². The van der Waals surface area contributed by atoms with Crippen LogP contribution in [0, 0.1) is 0 Å². The minimum atomic E-state index is -0.547. The van der Waals surface area contributed by atoms with E-state index in [2.05, 4.69) is 67.5 Å². The fraction of sp³-hybridized carbons (Fsp3) is 0.0769. The average molecular weight is 484 g/mol. The molecule has 0 bridgehead atoms. The summed E-state index contributed by atoms with van der Waals surface area (Å²) in [5.41, 5.74) is 4.86. The van der Waals surface area contributed by atoms with Crippen LogP contribution in [0.2, 0.25) is 0 Å². The number of nitrogens with zero attached hydrogens (tertiary/aromatic N) is 3. The second kappa shape index (κ2) is 9.96. The minimum absolute atomic E-state index is 0.0215. The van der Waals surface area contributed by atoms with Crippen molar-refractivity contribution < 1.29 is 14.4 Å². The smallest absolute Gasteiger partial charge is 0.334 e. The maximum absolute atomic E-state index is 11.4. The number of nitrogens with one attached hydrogen (secondary N) is 1. The van der Waals surface area contributed by atoms with Gasteiger partial charge in [0, 0.05) is 23.4 Å². The van der Waals surface area contributed by atoms with Gasteiger partial charge in [0.15, 0.2) is 5.82 Å². The van der Waals surface area contributed by atoms with Gasteiger partial charge in [-0.15, -0.1) is 5.10 Å². The first-order chi connectivity index (χ1) is 17.1. The Morgan fingerprint density at radius 2 is 1.66 bits per heavy atom. The third kappa shape index (κ3) is 5.01. The van der Waals surface area contributed by atoms with Crippen LogP contribution in [0.1, 0.15) is 0 Å². The van der Waals surface area contributed by atoms with Crippen LogP contribution in [0.25, 0.3) is 44.4 Å². The number of H-pyrrole nitrogens is 1. The molecule has 0 aliphatic carbocycles. The highest BCUT2D eigenvalue weighted by atomic mass is 32.2. The number of hydrogen-bond donors (Lipinski definition) is 2. The number of nitrogens with two attached hydrogens (primary N) is 1. The van der Waals surface area contributed by atoms with Crippen LogP contribution < -0.4 is 10.6 Å². The maximum atomic E-state index is 11.4. The van der Waals surface area contributed by atoms with E-state index in [9.17, 15) is 4.79 Å². The summed E-state index contributed by atoms with van der Waals surface area (Å²) in [6.07, 6.45) is 1.78. The molecular weight excluding hydrogens is 462 g/mol. The van der Waals surface area contributed by atoms with Gasteiger partial charge >= 0.3 is 5.97 Å². The van der Waals surface area contributed by atoms with E-state index in [1.54, 1.807) is 13.3 Å². The fourth-order valence-electron chi connectivity index (χ4n) is 3.74. The highest BCUT2D eigenvalue weighted by Gasteiger charge is 2.13. The van der Waals surface area contributed by atoms with Gasteiger partial charge in [0.2, 0.25) is 11.0 Å². The Labute approximate surface area is 205 Å². The molecule has 2 aromatic heterocycles. The molecule has 3 aromatic carbocycles. The summed E-state index contributed by atoms with van der Waals surface area (Å²) in [5.74, 6) is 5.51. The number of aromatic nitrogens is 4. The van der Waals surface area contributed by atoms with Crippen molar-refractivity contribution in [3.8, 4) is 39.5 Å². The summed E-state index contributed by atoms with van der Waals surface area (Å²) in [5, 5.41) is 9.95. The lowest BCUT2D eigenvalue weighted by atomic mass is 9.95. The predicted molar refractivity (Wildman–Crippen MR) is 136 cm³/mol. The van der Waals surface area contributed by atoms with E-state index in [0.717, 1.165) is 45.0 Å². The van der Waals surface area contributed by atoms with Crippen LogP contribution in [-0.2, 0) is 9.63 Å². The highest BCUT2D eigenvalue weighted by molar-refractivity contribution is 7.99. The van der Waals surface area contributed by atoms with Gasteiger partial charge in [-0.05, 0) is 57.8 Å². The number of hydrogen-bond acceptors (Lipinski definition) is 8. The van der Waals surface area contributed by atoms with Gasteiger partial charge in [-0.1, -0.05) is 48.2 Å². The number of carbonyl (C=O) groups is 1. The molecule has 9 heteroatoms. The van der Waals surface area contributed by atoms with Crippen LogP contribution in [-0.4, -0.2) is 39.0 Å². The Kier molecular flexibility index (Phi) is 6.42. The molecular formula is C26H21N5O3S. The molecule has 0 radical (unpaired) electrons. The normalized spacial score (nSPS) is 10.9. The second-order valence-corrected chi connectivity index (χ2v) is 8.64. The minimum Gasteiger partial charge on any atom is -0.481 e. The molecule has 0 aliphatic rings. The molecule has 0 saturated carbocycles. The van der Waals surface area contributed by atoms with E-state index in [0.29, 0.717) is 16.9 Å². The predicted octanol–water partition coefficient (Wildman–Crippen LogP) is 4.87. The van der Waals surface area contributed by atoms with E-state index >= 15 is 0 Å². The van der Waals surface area contributed by atoms with E-state index < -0.39 is 5.97 Å². The first-order valence-corrected chi connectivity index (χ1v) is 11.7. The number of aromatic amines is 1. The standard InChI is InChI=1S/C26H21N5O3S/c1-33-23-9-8-19(14-28-23)21-11-20(18-7-6-16-4-2-3-5-17(16)10-18)12-22(13-21)25-29-26(31-30-25)35-15-24(32)34-27/h2-14H,15,27H2,1H3,(H,29,30,31). The van der Waals surface area contributed by atoms with Gasteiger partial charge in [-0.25, -0.2) is 14.8 Å². The first-order valence-electron chi connectivity index (χ1n) is 10.7. The van der Waals surface area contributed by atoms with Gasteiger partial charge in [-0.3, -0.25) is 5.10 Å². The molecule has 5 rings (SSSR count). The molecule has 0 saturated heterocycles. The van der Waals surface area contributed by atoms with Gasteiger partial charge in [-0.2, -0.15) is 5.90 Å². The molecule has 0 aliphatic heterocycles. The number of ether oxygens (including phenoxy) is 1. The zero-order valence-electron chi connectivity index (χ0n) is 18.8. The first kappa shape index (κ1) is 22.6. The number of rotatable bonds is 7. The van der Waals surface area contributed by atoms with Crippen LogP contribution in [0.4, 0.5) is 0 Å². The molecule has 0 fully saturated rings. The Balaban J connectivity index is 1.58. The van der Waals surface area contributed by atoms with Gasteiger partial charge in [0.25, 0.3) is 0 Å². The van der Waals surface area contributed by atoms with Gasteiger partial charge in [0.1, 0.15) is 5.75 Å². The summed E-state index contributed by atoms with van der Waals surface area (Å²) in [6, 6.07) is 24.7. The summed E-state index contributed by atoms with van der Waals surface area (Å²) in [6.45, 7) is 0. The molecule has 5 aromatic rings. The van der Waals surface area contributed by atoms with E-state index in [4.69, 9.17) is 10.6 Å². The van der Waals surface area contributed by atoms with Crippen LogP contribution in [0.5, 0.6) is 5.88 Å². The number of carbonyl (C=O) groups excluding carboxylic acids is 1. The quantitative estimate of drug-likeness (QED) is 0.249. The van der Waals surface area contributed by atoms with Crippen molar-refractivity contribution in [2.45, 2.75) is 5.16 Å². The highest BCUT2D eigenvalue weighted by Crippen LogP contribution is 2.33. The summed E-state index contributed by atoms with van der Waals surface area (Å²) >= 11 is 1.14. The van der Waals surface area contributed by atoms with Crippen molar-refractivity contribution in [1.82, 2.24) is 20.2 Å². The molecule has 3 N–H and O–H groups in total. The maximum Gasteiger partial charge on any atom is 0.334 e. The van der Waals surface area contributed by atoms with Crippen LogP contribution in [0.3, 0.4) is 0 Å². The van der Waals surface area contributed by atoms with Crippen LogP contribution in [0.15, 0.2) is 84.1 Å². The number of methoxy groups -OCH3 is 1.